The molecule has 1 heterocycles. The summed E-state index contributed by atoms with van der Waals surface area (Å²) < 4.78 is 102. The number of alkyl halides is 5. The first kappa shape index (κ1) is 39.5. The summed E-state index contributed by atoms with van der Waals surface area (Å²) in [7, 11) is -4.45. The molecule has 1 aliphatic heterocycles. The molecule has 0 bridgehead atoms. The third-order valence-electron chi connectivity index (χ3n) is 6.62. The number of benzene rings is 2. The van der Waals surface area contributed by atoms with E-state index in [2.05, 4.69) is 19.8 Å². The summed E-state index contributed by atoms with van der Waals surface area (Å²) in [4.78, 5) is 27.3. The van der Waals surface area contributed by atoms with Crippen molar-refractivity contribution in [2.75, 3.05) is 19.6 Å². The van der Waals surface area contributed by atoms with Crippen molar-refractivity contribution >= 4 is 40.1 Å². The number of rotatable bonds is 11. The Labute approximate surface area is 275 Å². The first-order chi connectivity index (χ1) is 22.1. The molecule has 3 amide bonds. The zero-order valence-electron chi connectivity index (χ0n) is 26.5. The van der Waals surface area contributed by atoms with Gasteiger partial charge in [0.2, 0.25) is 15.9 Å². The molecule has 0 radical (unpaired) electrons. The lowest BCUT2D eigenvalue weighted by Crippen LogP contribution is -2.62. The molecule has 2 aromatic carbocycles. The van der Waals surface area contributed by atoms with Crippen LogP contribution >= 0.6 is 11.9 Å². The fourth-order valence-corrected chi connectivity index (χ4v) is 6.25. The zero-order chi connectivity index (χ0) is 35.4. The second kappa shape index (κ2) is 17.5. The lowest BCUT2D eigenvalue weighted by Gasteiger charge is -2.39. The van der Waals surface area contributed by atoms with Crippen LogP contribution in [0.3, 0.4) is 0 Å². The number of ether oxygens (including phenoxy) is 1. The molecule has 47 heavy (non-hydrogen) atoms. The van der Waals surface area contributed by atoms with Crippen LogP contribution in [0.2, 0.25) is 0 Å². The van der Waals surface area contributed by atoms with E-state index in [4.69, 9.17) is 0 Å². The second-order valence-corrected chi connectivity index (χ2v) is 12.3. The van der Waals surface area contributed by atoms with E-state index >= 15 is 0 Å². The van der Waals surface area contributed by atoms with E-state index in [0.29, 0.717) is 10.6 Å². The largest absolute Gasteiger partial charge is 0.573 e. The predicted octanol–water partition coefficient (Wildman–Crippen LogP) is 6.41. The Morgan fingerprint density at radius 2 is 1.64 bits per heavy atom. The second-order valence-electron chi connectivity index (χ2n) is 9.61. The summed E-state index contributed by atoms with van der Waals surface area (Å²) in [6.45, 7) is 7.78. The Morgan fingerprint density at radius 1 is 1.02 bits per heavy atom. The number of hydrogen-bond acceptors (Lipinski definition) is 7. The van der Waals surface area contributed by atoms with E-state index in [1.807, 2.05) is 13.8 Å². The van der Waals surface area contributed by atoms with Crippen molar-refractivity contribution in [2.24, 2.45) is 4.40 Å². The van der Waals surface area contributed by atoms with Crippen molar-refractivity contribution in [1.29, 1.82) is 0 Å². The summed E-state index contributed by atoms with van der Waals surface area (Å²) in [6.07, 6.45) is -2.24. The molecule has 0 aliphatic carbocycles. The Bertz CT molecular complexity index is 1500. The van der Waals surface area contributed by atoms with E-state index in [0.717, 1.165) is 40.5 Å². The third kappa shape index (κ3) is 11.2. The zero-order valence-corrected chi connectivity index (χ0v) is 28.1. The highest BCUT2D eigenvalue weighted by Gasteiger charge is 2.41. The minimum absolute atomic E-state index is 0.115. The number of nitrogens with zero attached hydrogens (tertiary/aromatic N) is 3. The molecule has 1 atom stereocenters. The first-order valence-electron chi connectivity index (χ1n) is 14.6. The van der Waals surface area contributed by atoms with E-state index in [-0.39, 0.29) is 31.7 Å². The van der Waals surface area contributed by atoms with Gasteiger partial charge in [0.05, 0.1) is 9.92 Å². The molecular weight excluding hydrogens is 669 g/mol. The van der Waals surface area contributed by atoms with Gasteiger partial charge < -0.3 is 20.3 Å². The van der Waals surface area contributed by atoms with E-state index in [9.17, 15) is 40.0 Å². The third-order valence-corrected chi connectivity index (χ3v) is 9.39. The Kier molecular flexibility index (Phi) is 14.7. The maximum atomic E-state index is 14.0. The SMILES string of the molecule is C/C=C(/NC(=O)N1CCN(S(=O)(=O)c2ccc(OC(F)(F)F)cc2)[C@@H](C(=O)NCc2ccc(C(F)(F)CC)cc2)C1)S/N=C/C.CC. The van der Waals surface area contributed by atoms with E-state index < -0.39 is 57.4 Å². The average Bonchev–Trinajstić information content (AvgIpc) is 3.05. The molecule has 2 N–H and O–H groups in total. The predicted molar refractivity (Wildman–Crippen MR) is 170 cm³/mol. The molecule has 10 nitrogen and oxygen atoms in total. The van der Waals surface area contributed by atoms with Crippen LogP contribution in [-0.4, -0.2) is 67.8 Å². The van der Waals surface area contributed by atoms with Crippen LogP contribution in [-0.2, 0) is 27.3 Å². The lowest BCUT2D eigenvalue weighted by atomic mass is 10.0. The van der Waals surface area contributed by atoms with Gasteiger partial charge in [-0.15, -0.1) is 13.2 Å². The minimum Gasteiger partial charge on any atom is -0.406 e. The summed E-state index contributed by atoms with van der Waals surface area (Å²) in [5.74, 6) is -4.44. The highest BCUT2D eigenvalue weighted by molar-refractivity contribution is 8.01. The topological polar surface area (TPSA) is 120 Å². The van der Waals surface area contributed by atoms with Gasteiger partial charge in [0, 0.05) is 56.3 Å². The van der Waals surface area contributed by atoms with Gasteiger partial charge in [-0.05, 0) is 43.7 Å². The Hall–Kier alpha value is -3.70. The summed E-state index contributed by atoms with van der Waals surface area (Å²) in [5, 5.41) is 5.65. The maximum Gasteiger partial charge on any atom is 0.573 e. The number of nitrogens with one attached hydrogen (secondary N) is 2. The van der Waals surface area contributed by atoms with Gasteiger partial charge in [-0.3, -0.25) is 4.79 Å². The molecule has 0 saturated carbocycles. The van der Waals surface area contributed by atoms with Gasteiger partial charge in [-0.1, -0.05) is 51.1 Å². The van der Waals surface area contributed by atoms with Crippen LogP contribution in [0.1, 0.15) is 52.2 Å². The van der Waals surface area contributed by atoms with E-state index in [1.54, 1.807) is 19.9 Å². The Balaban J connectivity index is 0.00000376. The van der Waals surface area contributed by atoms with Crippen LogP contribution in [0.5, 0.6) is 5.75 Å². The molecule has 17 heteroatoms. The number of carbonyl (C=O) groups excluding carboxylic acids is 2. The van der Waals surface area contributed by atoms with Crippen molar-refractivity contribution in [3.8, 4) is 5.75 Å². The number of halogens is 5. The Morgan fingerprint density at radius 3 is 2.17 bits per heavy atom. The molecule has 3 rings (SSSR count). The average molecular weight is 708 g/mol. The summed E-state index contributed by atoms with van der Waals surface area (Å²) in [5.41, 5.74) is 0.270. The van der Waals surface area contributed by atoms with Crippen molar-refractivity contribution in [3.63, 3.8) is 0 Å². The normalized spacial score (nSPS) is 16.3. The van der Waals surface area contributed by atoms with Crippen molar-refractivity contribution in [2.45, 2.75) is 70.8 Å². The van der Waals surface area contributed by atoms with Gasteiger partial charge >= 0.3 is 12.4 Å². The number of urea groups is 1. The fraction of sp³-hybridized carbons (Fsp3) is 0.433. The van der Waals surface area contributed by atoms with Crippen molar-refractivity contribution < 1.29 is 44.7 Å². The molecule has 0 unspecified atom stereocenters. The van der Waals surface area contributed by atoms with Crippen LogP contribution < -0.4 is 15.4 Å². The first-order valence-corrected chi connectivity index (χ1v) is 16.8. The fourth-order valence-electron chi connectivity index (χ4n) is 4.22. The maximum absolute atomic E-state index is 14.0. The molecule has 1 fully saturated rings. The molecule has 0 spiro atoms. The molecular formula is C30H38F5N5O5S2. The minimum atomic E-state index is -4.98. The van der Waals surface area contributed by atoms with Gasteiger partial charge in [0.15, 0.2) is 0 Å². The number of carbonyl (C=O) groups is 2. The van der Waals surface area contributed by atoms with Crippen LogP contribution in [0, 0.1) is 0 Å². The smallest absolute Gasteiger partial charge is 0.406 e. The molecule has 1 aliphatic rings. The number of piperazine rings is 1. The molecule has 0 aromatic heterocycles. The summed E-state index contributed by atoms with van der Waals surface area (Å²) >= 11 is 0.996. The molecule has 2 aromatic rings. The standard InChI is InChI=1S/C28H32F5N5O5S2.C2H6/c1-4-24(44-35-6-3)36-26(40)37-15-16-38(45(41,42)22-13-11-21(12-14-22)43-28(31,32)33)23(18-37)25(39)34-17-19-7-9-20(10-8-19)27(29,30)5-2;1-2/h4,6-14,23H,5,15-18H2,1-3H3,(H,34,39)(H,36,40);1-2H3/b24-4-,35-6+;/t23-;/m1./s1. The highest BCUT2D eigenvalue weighted by atomic mass is 32.2. The van der Waals surface area contributed by atoms with Crippen LogP contribution in [0.4, 0.5) is 26.7 Å². The van der Waals surface area contributed by atoms with Crippen molar-refractivity contribution in [1.82, 2.24) is 19.8 Å². The number of amides is 3. The van der Waals surface area contributed by atoms with Crippen LogP contribution in [0.15, 0.2) is 68.9 Å². The number of sulfonamides is 1. The monoisotopic (exact) mass is 707 g/mol. The lowest BCUT2D eigenvalue weighted by molar-refractivity contribution is -0.274. The van der Waals surface area contributed by atoms with Gasteiger partial charge in [0.1, 0.15) is 11.8 Å². The summed E-state index contributed by atoms with van der Waals surface area (Å²) in [6, 6.07) is 6.74. The van der Waals surface area contributed by atoms with E-state index in [1.165, 1.54) is 42.3 Å². The number of hydrogen-bond donors (Lipinski definition) is 2. The van der Waals surface area contributed by atoms with Gasteiger partial charge in [-0.2, -0.15) is 4.31 Å². The quantitative estimate of drug-likeness (QED) is 0.158. The van der Waals surface area contributed by atoms with Crippen molar-refractivity contribution in [3.05, 3.63) is 70.8 Å². The van der Waals surface area contributed by atoms with Gasteiger partial charge in [-0.25, -0.2) is 26.4 Å². The highest BCUT2D eigenvalue weighted by Crippen LogP contribution is 2.31. The van der Waals surface area contributed by atoms with Crippen LogP contribution in [0.25, 0.3) is 0 Å². The van der Waals surface area contributed by atoms with Gasteiger partial charge in [0.25, 0.3) is 5.92 Å². The molecule has 1 saturated heterocycles. The molecule has 260 valence electrons. The number of allylic oxidation sites excluding steroid dienone is 1.